The Balaban J connectivity index is 3.48. The van der Waals surface area contributed by atoms with Crippen LogP contribution in [-0.2, 0) is 0 Å². The van der Waals surface area contributed by atoms with Crippen molar-refractivity contribution in [3.8, 4) is 6.07 Å². The number of nitrogens with zero attached hydrogens (tertiary/aromatic N) is 1. The number of carbonyl (C=O) groups excluding carboxylic acids is 1. The lowest BCUT2D eigenvalue weighted by Gasteiger charge is -1.97. The predicted molar refractivity (Wildman–Crippen MR) is 36.5 cm³/mol. The first-order chi connectivity index (χ1) is 5.70. The molecule has 0 N–H and O–H groups in total. The van der Waals surface area contributed by atoms with Crippen LogP contribution in [0.4, 0.5) is 8.78 Å². The summed E-state index contributed by atoms with van der Waals surface area (Å²) in [5.41, 5.74) is -0.693. The Hall–Kier alpha value is -1.76. The Kier molecular flexibility index (Phi) is 2.15. The second-order valence-electron chi connectivity index (χ2n) is 2.05. The van der Waals surface area contributed by atoms with E-state index < -0.39 is 17.2 Å². The molecule has 1 aromatic rings. The van der Waals surface area contributed by atoms with Crippen LogP contribution in [0.25, 0.3) is 0 Å². The van der Waals surface area contributed by atoms with E-state index in [2.05, 4.69) is 0 Å². The summed E-state index contributed by atoms with van der Waals surface area (Å²) in [5.74, 6) is -2.40. The Bertz CT molecular complexity index is 368. The topological polar surface area (TPSA) is 40.9 Å². The van der Waals surface area contributed by atoms with Crippen LogP contribution in [0.15, 0.2) is 12.1 Å². The van der Waals surface area contributed by atoms with Gasteiger partial charge >= 0.3 is 0 Å². The molecule has 0 heterocycles. The first kappa shape index (κ1) is 8.34. The third-order valence-electron chi connectivity index (χ3n) is 1.37. The maximum absolute atomic E-state index is 12.7. The molecular formula is C8H3F2NO. The van der Waals surface area contributed by atoms with Gasteiger partial charge < -0.3 is 0 Å². The molecule has 60 valence electrons. The third kappa shape index (κ3) is 1.17. The zero-order chi connectivity index (χ0) is 9.14. The average molecular weight is 167 g/mol. The fourth-order valence-corrected chi connectivity index (χ4v) is 0.779. The van der Waals surface area contributed by atoms with Crippen molar-refractivity contribution in [1.82, 2.24) is 0 Å². The van der Waals surface area contributed by atoms with Crippen LogP contribution in [0.3, 0.4) is 0 Å². The molecule has 0 radical (unpaired) electrons. The highest BCUT2D eigenvalue weighted by Crippen LogP contribution is 2.13. The third-order valence-corrected chi connectivity index (χ3v) is 1.37. The van der Waals surface area contributed by atoms with Crippen molar-refractivity contribution in [2.45, 2.75) is 0 Å². The summed E-state index contributed by atoms with van der Waals surface area (Å²) in [6.07, 6.45) is 0.122. The number of hydrogen-bond acceptors (Lipinski definition) is 2. The van der Waals surface area contributed by atoms with Gasteiger partial charge in [-0.05, 0) is 12.1 Å². The Morgan fingerprint density at radius 1 is 1.42 bits per heavy atom. The fraction of sp³-hybridized carbons (Fsp3) is 0. The van der Waals surface area contributed by atoms with Gasteiger partial charge in [0.05, 0.1) is 17.2 Å². The number of aldehydes is 1. The van der Waals surface area contributed by atoms with E-state index in [1.54, 1.807) is 6.07 Å². The molecule has 0 amide bonds. The number of nitriles is 1. The summed E-state index contributed by atoms with van der Waals surface area (Å²) < 4.78 is 25.1. The molecule has 0 aromatic heterocycles. The van der Waals surface area contributed by atoms with E-state index in [9.17, 15) is 13.6 Å². The van der Waals surface area contributed by atoms with Crippen molar-refractivity contribution >= 4 is 6.29 Å². The van der Waals surface area contributed by atoms with E-state index in [0.717, 1.165) is 12.1 Å². The largest absolute Gasteiger partial charge is 0.298 e. The van der Waals surface area contributed by atoms with Gasteiger partial charge in [0, 0.05) is 0 Å². The molecule has 0 aliphatic rings. The van der Waals surface area contributed by atoms with Crippen LogP contribution in [0.2, 0.25) is 0 Å². The van der Waals surface area contributed by atoms with Gasteiger partial charge in [0.2, 0.25) is 0 Å². The van der Waals surface area contributed by atoms with Crippen LogP contribution < -0.4 is 0 Å². The van der Waals surface area contributed by atoms with E-state index in [4.69, 9.17) is 5.26 Å². The summed E-state index contributed by atoms with van der Waals surface area (Å²) in [4.78, 5) is 10.2. The predicted octanol–water partition coefficient (Wildman–Crippen LogP) is 1.65. The summed E-state index contributed by atoms with van der Waals surface area (Å²) >= 11 is 0. The molecular weight excluding hydrogens is 164 g/mol. The van der Waals surface area contributed by atoms with E-state index in [1.165, 1.54) is 0 Å². The normalized spacial score (nSPS) is 9.08. The molecule has 0 spiro atoms. The highest BCUT2D eigenvalue weighted by molar-refractivity contribution is 5.79. The van der Waals surface area contributed by atoms with Crippen LogP contribution in [-0.4, -0.2) is 6.29 Å². The first-order valence-electron chi connectivity index (χ1n) is 3.04. The smallest absolute Gasteiger partial charge is 0.170 e. The lowest BCUT2D eigenvalue weighted by Crippen LogP contribution is -1.96. The molecule has 0 aliphatic heterocycles. The summed E-state index contributed by atoms with van der Waals surface area (Å²) in [6.45, 7) is 0. The summed E-state index contributed by atoms with van der Waals surface area (Å²) in [6, 6.07) is 3.44. The van der Waals surface area contributed by atoms with Crippen molar-refractivity contribution in [3.05, 3.63) is 34.9 Å². The number of rotatable bonds is 1. The Morgan fingerprint density at radius 2 is 2.08 bits per heavy atom. The summed E-state index contributed by atoms with van der Waals surface area (Å²) in [7, 11) is 0. The lowest BCUT2D eigenvalue weighted by atomic mass is 10.1. The quantitative estimate of drug-likeness (QED) is 0.596. The first-order valence-corrected chi connectivity index (χ1v) is 3.04. The molecule has 12 heavy (non-hydrogen) atoms. The molecule has 0 fully saturated rings. The minimum Gasteiger partial charge on any atom is -0.298 e. The zero-order valence-electron chi connectivity index (χ0n) is 5.84. The zero-order valence-corrected chi connectivity index (χ0v) is 5.84. The highest BCUT2D eigenvalue weighted by atomic mass is 19.2. The van der Waals surface area contributed by atoms with Gasteiger partial charge in [0.25, 0.3) is 0 Å². The molecule has 0 saturated carbocycles. The van der Waals surface area contributed by atoms with Crippen molar-refractivity contribution < 1.29 is 13.6 Å². The van der Waals surface area contributed by atoms with Gasteiger partial charge in [-0.3, -0.25) is 4.79 Å². The number of benzene rings is 1. The number of halogens is 2. The van der Waals surface area contributed by atoms with Crippen molar-refractivity contribution in [2.75, 3.05) is 0 Å². The van der Waals surface area contributed by atoms with E-state index in [1.807, 2.05) is 0 Å². The minimum absolute atomic E-state index is 0.122. The minimum atomic E-state index is -1.27. The monoisotopic (exact) mass is 167 g/mol. The standard InChI is InChI=1S/C8H3F2NO/c9-7-2-1-5(3-11)6(4-12)8(7)10/h1-2,4H. The van der Waals surface area contributed by atoms with Crippen LogP contribution >= 0.6 is 0 Å². The molecule has 4 heteroatoms. The lowest BCUT2D eigenvalue weighted by molar-refractivity contribution is 0.111. The van der Waals surface area contributed by atoms with E-state index >= 15 is 0 Å². The van der Waals surface area contributed by atoms with Gasteiger partial charge in [-0.25, -0.2) is 8.78 Å². The molecule has 0 aliphatic carbocycles. The number of carbonyl (C=O) groups is 1. The molecule has 1 aromatic carbocycles. The van der Waals surface area contributed by atoms with Gasteiger partial charge in [0.1, 0.15) is 0 Å². The van der Waals surface area contributed by atoms with E-state index in [0.29, 0.717) is 0 Å². The molecule has 1 rings (SSSR count). The van der Waals surface area contributed by atoms with Gasteiger partial charge in [-0.1, -0.05) is 0 Å². The molecule has 0 bridgehead atoms. The van der Waals surface area contributed by atoms with Gasteiger partial charge in [-0.15, -0.1) is 0 Å². The highest BCUT2D eigenvalue weighted by Gasteiger charge is 2.11. The van der Waals surface area contributed by atoms with Crippen LogP contribution in [0.1, 0.15) is 15.9 Å². The Labute approximate surface area is 67.0 Å². The average Bonchev–Trinajstić information content (AvgIpc) is 2.09. The molecule has 0 saturated heterocycles. The molecule has 0 atom stereocenters. The van der Waals surface area contributed by atoms with Gasteiger partial charge in [-0.2, -0.15) is 5.26 Å². The molecule has 2 nitrogen and oxygen atoms in total. The maximum Gasteiger partial charge on any atom is 0.170 e. The fourth-order valence-electron chi connectivity index (χ4n) is 0.779. The molecule has 0 unspecified atom stereocenters. The maximum atomic E-state index is 12.7. The van der Waals surface area contributed by atoms with Crippen molar-refractivity contribution in [3.63, 3.8) is 0 Å². The summed E-state index contributed by atoms with van der Waals surface area (Å²) in [5, 5.41) is 8.37. The SMILES string of the molecule is N#Cc1ccc(F)c(F)c1C=O. The van der Waals surface area contributed by atoms with Crippen molar-refractivity contribution in [1.29, 1.82) is 5.26 Å². The van der Waals surface area contributed by atoms with Crippen molar-refractivity contribution in [2.24, 2.45) is 0 Å². The van der Waals surface area contributed by atoms with E-state index in [-0.39, 0.29) is 11.8 Å². The Morgan fingerprint density at radius 3 is 2.58 bits per heavy atom. The number of hydrogen-bond donors (Lipinski definition) is 0. The second kappa shape index (κ2) is 3.09. The van der Waals surface area contributed by atoms with Crippen LogP contribution in [0, 0.1) is 23.0 Å². The van der Waals surface area contributed by atoms with Gasteiger partial charge in [0.15, 0.2) is 17.9 Å². The second-order valence-corrected chi connectivity index (χ2v) is 2.05. The van der Waals surface area contributed by atoms with Crippen LogP contribution in [0.5, 0.6) is 0 Å².